The first-order chi connectivity index (χ1) is 7.69. The quantitative estimate of drug-likeness (QED) is 0.716. The van der Waals surface area contributed by atoms with Gasteiger partial charge < -0.3 is 9.64 Å². The Labute approximate surface area is 95.5 Å². The summed E-state index contributed by atoms with van der Waals surface area (Å²) in [4.78, 5) is 6.48. The monoisotopic (exact) mass is 217 g/mol. The van der Waals surface area contributed by atoms with Crippen LogP contribution in [0.4, 0.5) is 5.82 Å². The third-order valence-corrected chi connectivity index (χ3v) is 2.62. The van der Waals surface area contributed by atoms with Crippen LogP contribution < -0.4 is 4.90 Å². The Morgan fingerprint density at radius 1 is 1.38 bits per heavy atom. The molecule has 2 atom stereocenters. The average Bonchev–Trinajstić information content (AvgIpc) is 2.28. The fourth-order valence-corrected chi connectivity index (χ4v) is 2.00. The molecule has 2 heterocycles. The normalized spacial score (nSPS) is 25.2. The summed E-state index contributed by atoms with van der Waals surface area (Å²) < 4.78 is 5.66. The number of anilines is 1. The SMILES string of the molecule is CC1CN(c2ccc(C#N)cn2)CC(C)O1. The molecular formula is C12H15N3O. The van der Waals surface area contributed by atoms with E-state index in [0.29, 0.717) is 5.56 Å². The zero-order valence-corrected chi connectivity index (χ0v) is 9.55. The van der Waals surface area contributed by atoms with E-state index in [1.165, 1.54) is 0 Å². The molecule has 84 valence electrons. The van der Waals surface area contributed by atoms with E-state index in [1.807, 2.05) is 6.07 Å². The summed E-state index contributed by atoms with van der Waals surface area (Å²) >= 11 is 0. The van der Waals surface area contributed by atoms with E-state index in [1.54, 1.807) is 12.3 Å². The van der Waals surface area contributed by atoms with Gasteiger partial charge in [0.05, 0.1) is 17.8 Å². The number of morpholine rings is 1. The van der Waals surface area contributed by atoms with Gasteiger partial charge >= 0.3 is 0 Å². The van der Waals surface area contributed by atoms with E-state index >= 15 is 0 Å². The van der Waals surface area contributed by atoms with Gasteiger partial charge in [0, 0.05) is 19.3 Å². The highest BCUT2D eigenvalue weighted by Gasteiger charge is 2.22. The van der Waals surface area contributed by atoms with Crippen LogP contribution in [0.15, 0.2) is 18.3 Å². The predicted octanol–water partition coefficient (Wildman–Crippen LogP) is 1.57. The van der Waals surface area contributed by atoms with Gasteiger partial charge in [0.15, 0.2) is 0 Å². The third-order valence-electron chi connectivity index (χ3n) is 2.62. The Kier molecular flexibility index (Phi) is 3.07. The van der Waals surface area contributed by atoms with Crippen LogP contribution in [0, 0.1) is 11.3 Å². The van der Waals surface area contributed by atoms with Crippen LogP contribution in [0.3, 0.4) is 0 Å². The molecule has 0 bridgehead atoms. The van der Waals surface area contributed by atoms with Gasteiger partial charge in [-0.2, -0.15) is 5.26 Å². The minimum absolute atomic E-state index is 0.223. The summed E-state index contributed by atoms with van der Waals surface area (Å²) in [5, 5.41) is 8.70. The van der Waals surface area contributed by atoms with Gasteiger partial charge in [-0.1, -0.05) is 0 Å². The Morgan fingerprint density at radius 3 is 2.56 bits per heavy atom. The maximum atomic E-state index is 8.70. The molecule has 0 aromatic carbocycles. The van der Waals surface area contributed by atoms with Gasteiger partial charge in [0.1, 0.15) is 11.9 Å². The van der Waals surface area contributed by atoms with Crippen molar-refractivity contribution in [3.63, 3.8) is 0 Å². The van der Waals surface area contributed by atoms with Gasteiger partial charge in [0.25, 0.3) is 0 Å². The Balaban J connectivity index is 2.14. The van der Waals surface area contributed by atoms with Crippen LogP contribution in [0.2, 0.25) is 0 Å². The smallest absolute Gasteiger partial charge is 0.128 e. The molecule has 1 fully saturated rings. The lowest BCUT2D eigenvalue weighted by atomic mass is 10.2. The molecule has 2 rings (SSSR count). The molecule has 0 radical (unpaired) electrons. The number of hydrogen-bond donors (Lipinski definition) is 0. The zero-order valence-electron chi connectivity index (χ0n) is 9.55. The molecule has 0 aliphatic carbocycles. The first-order valence-electron chi connectivity index (χ1n) is 5.45. The fourth-order valence-electron chi connectivity index (χ4n) is 2.00. The zero-order chi connectivity index (χ0) is 11.5. The second-order valence-corrected chi connectivity index (χ2v) is 4.18. The number of rotatable bonds is 1. The van der Waals surface area contributed by atoms with Gasteiger partial charge in [0.2, 0.25) is 0 Å². The van der Waals surface area contributed by atoms with Crippen molar-refractivity contribution in [1.29, 1.82) is 5.26 Å². The summed E-state index contributed by atoms with van der Waals surface area (Å²) in [6.45, 7) is 5.82. The molecule has 16 heavy (non-hydrogen) atoms. The second kappa shape index (κ2) is 4.50. The molecule has 1 saturated heterocycles. The van der Waals surface area contributed by atoms with E-state index in [9.17, 15) is 0 Å². The molecule has 0 spiro atoms. The van der Waals surface area contributed by atoms with Crippen LogP contribution >= 0.6 is 0 Å². The molecule has 4 heteroatoms. The molecule has 0 amide bonds. The highest BCUT2D eigenvalue weighted by Crippen LogP contribution is 2.18. The lowest BCUT2D eigenvalue weighted by molar-refractivity contribution is -0.00545. The summed E-state index contributed by atoms with van der Waals surface area (Å²) in [6, 6.07) is 5.76. The molecule has 1 aliphatic heterocycles. The second-order valence-electron chi connectivity index (χ2n) is 4.18. The topological polar surface area (TPSA) is 49.2 Å². The summed E-state index contributed by atoms with van der Waals surface area (Å²) in [6.07, 6.45) is 2.06. The fraction of sp³-hybridized carbons (Fsp3) is 0.500. The van der Waals surface area contributed by atoms with Crippen LogP contribution in [0.1, 0.15) is 19.4 Å². The van der Waals surface area contributed by atoms with E-state index in [4.69, 9.17) is 10.00 Å². The molecule has 0 saturated carbocycles. The molecular weight excluding hydrogens is 202 g/mol. The standard InChI is InChI=1S/C12H15N3O/c1-9-7-15(8-10(2)16-9)12-4-3-11(5-13)6-14-12/h3-4,6,9-10H,7-8H2,1-2H3. The average molecular weight is 217 g/mol. The van der Waals surface area contributed by atoms with E-state index in [2.05, 4.69) is 29.8 Å². The Morgan fingerprint density at radius 2 is 2.06 bits per heavy atom. The maximum Gasteiger partial charge on any atom is 0.128 e. The van der Waals surface area contributed by atoms with Crippen LogP contribution in [-0.2, 0) is 4.74 Å². The van der Waals surface area contributed by atoms with Crippen molar-refractivity contribution in [2.24, 2.45) is 0 Å². The third kappa shape index (κ3) is 2.31. The number of aromatic nitrogens is 1. The first kappa shape index (κ1) is 10.9. The van der Waals surface area contributed by atoms with Crippen molar-refractivity contribution in [3.05, 3.63) is 23.9 Å². The summed E-state index contributed by atoms with van der Waals surface area (Å²) in [5.74, 6) is 0.918. The molecule has 2 unspecified atom stereocenters. The van der Waals surface area contributed by atoms with Crippen molar-refractivity contribution < 1.29 is 4.74 Å². The maximum absolute atomic E-state index is 8.70. The minimum atomic E-state index is 0.223. The molecule has 4 nitrogen and oxygen atoms in total. The van der Waals surface area contributed by atoms with Crippen LogP contribution in [-0.4, -0.2) is 30.3 Å². The van der Waals surface area contributed by atoms with E-state index < -0.39 is 0 Å². The van der Waals surface area contributed by atoms with E-state index in [-0.39, 0.29) is 12.2 Å². The Hall–Kier alpha value is -1.60. The molecule has 1 aromatic heterocycles. The first-order valence-corrected chi connectivity index (χ1v) is 5.45. The van der Waals surface area contributed by atoms with E-state index in [0.717, 1.165) is 18.9 Å². The number of nitriles is 1. The van der Waals surface area contributed by atoms with Gasteiger partial charge in [-0.25, -0.2) is 4.98 Å². The predicted molar refractivity (Wildman–Crippen MR) is 61.2 cm³/mol. The number of pyridine rings is 1. The van der Waals surface area contributed by atoms with Crippen molar-refractivity contribution in [1.82, 2.24) is 4.98 Å². The molecule has 1 aliphatic rings. The van der Waals surface area contributed by atoms with Crippen molar-refractivity contribution in [2.75, 3.05) is 18.0 Å². The number of nitrogens with zero attached hydrogens (tertiary/aromatic N) is 3. The highest BCUT2D eigenvalue weighted by molar-refractivity contribution is 5.42. The van der Waals surface area contributed by atoms with Gasteiger partial charge in [-0.3, -0.25) is 0 Å². The lowest BCUT2D eigenvalue weighted by Crippen LogP contribution is -2.45. The minimum Gasteiger partial charge on any atom is -0.372 e. The summed E-state index contributed by atoms with van der Waals surface area (Å²) in [5.41, 5.74) is 0.595. The largest absolute Gasteiger partial charge is 0.372 e. The van der Waals surface area contributed by atoms with Crippen LogP contribution in [0.25, 0.3) is 0 Å². The van der Waals surface area contributed by atoms with Crippen molar-refractivity contribution in [2.45, 2.75) is 26.1 Å². The number of ether oxygens (including phenoxy) is 1. The molecule has 0 N–H and O–H groups in total. The number of hydrogen-bond acceptors (Lipinski definition) is 4. The van der Waals surface area contributed by atoms with Gasteiger partial charge in [-0.15, -0.1) is 0 Å². The molecule has 1 aromatic rings. The van der Waals surface area contributed by atoms with Crippen LogP contribution in [0.5, 0.6) is 0 Å². The highest BCUT2D eigenvalue weighted by atomic mass is 16.5. The Bertz CT molecular complexity index is 386. The van der Waals surface area contributed by atoms with Crippen molar-refractivity contribution in [3.8, 4) is 6.07 Å². The van der Waals surface area contributed by atoms with Crippen molar-refractivity contribution >= 4 is 5.82 Å². The lowest BCUT2D eigenvalue weighted by Gasteiger charge is -2.36. The summed E-state index contributed by atoms with van der Waals surface area (Å²) in [7, 11) is 0. The van der Waals surface area contributed by atoms with Gasteiger partial charge in [-0.05, 0) is 26.0 Å².